The van der Waals surface area contributed by atoms with Gasteiger partial charge >= 0.3 is 0 Å². The molecule has 5 aromatic carbocycles. The van der Waals surface area contributed by atoms with Gasteiger partial charge in [0.1, 0.15) is 24.7 Å². The lowest BCUT2D eigenvalue weighted by atomic mass is 9.81. The van der Waals surface area contributed by atoms with Crippen molar-refractivity contribution in [3.63, 3.8) is 0 Å². The minimum Gasteiger partial charge on any atom is -0.489 e. The Bertz CT molecular complexity index is 1680. The van der Waals surface area contributed by atoms with E-state index in [0.717, 1.165) is 64.3 Å². The Hall–Kier alpha value is -4.83. The number of nitrogens with zero attached hydrogens (tertiary/aromatic N) is 1. The molecule has 45 heavy (non-hydrogen) atoms. The Morgan fingerprint density at radius 2 is 1.36 bits per heavy atom. The molecule has 6 rings (SSSR count). The molecule has 0 N–H and O–H groups in total. The Morgan fingerprint density at radius 3 is 2.00 bits per heavy atom. The molecule has 4 nitrogen and oxygen atoms in total. The number of hydrogen-bond acceptors (Lipinski definition) is 3. The molecule has 0 fully saturated rings. The fourth-order valence-electron chi connectivity index (χ4n) is 6.08. The third-order valence-electron chi connectivity index (χ3n) is 8.65. The van der Waals surface area contributed by atoms with E-state index in [1.165, 1.54) is 5.56 Å². The van der Waals surface area contributed by atoms with Crippen LogP contribution in [0.15, 0.2) is 127 Å². The summed E-state index contributed by atoms with van der Waals surface area (Å²) in [6.07, 6.45) is 2.68. The van der Waals surface area contributed by atoms with Crippen LogP contribution in [0.1, 0.15) is 71.9 Å². The summed E-state index contributed by atoms with van der Waals surface area (Å²) in [5.41, 5.74) is 7.74. The van der Waals surface area contributed by atoms with Crippen LogP contribution in [-0.4, -0.2) is 5.91 Å². The molecule has 0 spiro atoms. The minimum atomic E-state index is -0.229. The maximum absolute atomic E-state index is 14.6. The van der Waals surface area contributed by atoms with Crippen LogP contribution in [0.25, 0.3) is 0 Å². The molecule has 228 valence electrons. The first kappa shape index (κ1) is 30.2. The highest BCUT2D eigenvalue weighted by Gasteiger charge is 2.32. The molecule has 0 saturated heterocycles. The van der Waals surface area contributed by atoms with Gasteiger partial charge in [0.2, 0.25) is 5.91 Å². The van der Waals surface area contributed by atoms with Crippen molar-refractivity contribution in [3.8, 4) is 11.5 Å². The SMILES string of the molecule is CC(C)c1ccc(N(Cc2ccc(OCc3ccccc3)cc2)C(=O)C2CCCc3c(OCc4ccccc4)cccc32)cc1. The fourth-order valence-corrected chi connectivity index (χ4v) is 6.08. The Morgan fingerprint density at radius 1 is 0.711 bits per heavy atom. The van der Waals surface area contributed by atoms with Gasteiger partial charge in [-0.2, -0.15) is 0 Å². The molecule has 4 heteroatoms. The van der Waals surface area contributed by atoms with E-state index in [9.17, 15) is 4.79 Å². The molecule has 0 heterocycles. The van der Waals surface area contributed by atoms with Crippen LogP contribution in [0, 0.1) is 0 Å². The van der Waals surface area contributed by atoms with Crippen LogP contribution in [0.2, 0.25) is 0 Å². The molecule has 1 atom stereocenters. The Labute approximate surface area is 267 Å². The van der Waals surface area contributed by atoms with E-state index in [1.54, 1.807) is 0 Å². The summed E-state index contributed by atoms with van der Waals surface area (Å²) < 4.78 is 12.3. The zero-order chi connectivity index (χ0) is 31.0. The second kappa shape index (κ2) is 14.3. The summed E-state index contributed by atoms with van der Waals surface area (Å²) in [5.74, 6) is 2.01. The van der Waals surface area contributed by atoms with E-state index in [2.05, 4.69) is 80.6 Å². The van der Waals surface area contributed by atoms with Gasteiger partial charge in [-0.05, 0) is 88.9 Å². The van der Waals surface area contributed by atoms with Crippen LogP contribution in [0.3, 0.4) is 0 Å². The van der Waals surface area contributed by atoms with Gasteiger partial charge in [0.25, 0.3) is 0 Å². The molecule has 1 aliphatic rings. The predicted octanol–water partition coefficient (Wildman–Crippen LogP) is 9.62. The molecule has 0 aliphatic heterocycles. The average molecular weight is 596 g/mol. The number of carbonyl (C=O) groups is 1. The lowest BCUT2D eigenvalue weighted by molar-refractivity contribution is -0.120. The fraction of sp³-hybridized carbons (Fsp3) is 0.244. The van der Waals surface area contributed by atoms with E-state index < -0.39 is 0 Å². The highest BCUT2D eigenvalue weighted by Crippen LogP contribution is 2.39. The highest BCUT2D eigenvalue weighted by atomic mass is 16.5. The molecular weight excluding hydrogens is 554 g/mol. The second-order valence-electron chi connectivity index (χ2n) is 12.1. The molecular formula is C41H41NO3. The third kappa shape index (κ3) is 7.46. The number of benzene rings is 5. The van der Waals surface area contributed by atoms with Gasteiger partial charge in [-0.15, -0.1) is 0 Å². The number of hydrogen-bond donors (Lipinski definition) is 0. The Kier molecular flexibility index (Phi) is 9.60. The number of ether oxygens (including phenoxy) is 2. The zero-order valence-electron chi connectivity index (χ0n) is 26.2. The molecule has 1 aliphatic carbocycles. The van der Waals surface area contributed by atoms with Crippen molar-refractivity contribution in [1.82, 2.24) is 0 Å². The average Bonchev–Trinajstić information content (AvgIpc) is 3.09. The topological polar surface area (TPSA) is 38.8 Å². The van der Waals surface area contributed by atoms with Crippen molar-refractivity contribution >= 4 is 11.6 Å². The summed E-state index contributed by atoms with van der Waals surface area (Å²) in [6.45, 7) is 5.89. The number of carbonyl (C=O) groups excluding carboxylic acids is 1. The zero-order valence-corrected chi connectivity index (χ0v) is 26.2. The Balaban J connectivity index is 1.24. The summed E-state index contributed by atoms with van der Waals surface area (Å²) in [5, 5.41) is 0. The van der Waals surface area contributed by atoms with Gasteiger partial charge in [0.15, 0.2) is 0 Å². The molecule has 5 aromatic rings. The maximum atomic E-state index is 14.6. The summed E-state index contributed by atoms with van der Waals surface area (Å²) in [6, 6.07) is 43.2. The number of rotatable bonds is 11. The van der Waals surface area contributed by atoms with E-state index >= 15 is 0 Å². The van der Waals surface area contributed by atoms with Gasteiger partial charge in [0, 0.05) is 5.69 Å². The van der Waals surface area contributed by atoms with Crippen molar-refractivity contribution in [2.75, 3.05) is 4.90 Å². The molecule has 1 unspecified atom stereocenters. The van der Waals surface area contributed by atoms with Gasteiger partial charge in [-0.3, -0.25) is 4.79 Å². The minimum absolute atomic E-state index is 0.123. The van der Waals surface area contributed by atoms with E-state index in [4.69, 9.17) is 9.47 Å². The molecule has 0 radical (unpaired) electrons. The number of anilines is 1. The number of fused-ring (bicyclic) bond motifs is 1. The van der Waals surface area contributed by atoms with Crippen LogP contribution in [-0.2, 0) is 31.0 Å². The van der Waals surface area contributed by atoms with Gasteiger partial charge in [-0.1, -0.05) is 111 Å². The lowest BCUT2D eigenvalue weighted by Crippen LogP contribution is -2.36. The summed E-state index contributed by atoms with van der Waals surface area (Å²) in [4.78, 5) is 16.5. The van der Waals surface area contributed by atoms with Crippen LogP contribution >= 0.6 is 0 Å². The quantitative estimate of drug-likeness (QED) is 0.153. The maximum Gasteiger partial charge on any atom is 0.234 e. The molecule has 0 bridgehead atoms. The lowest BCUT2D eigenvalue weighted by Gasteiger charge is -2.32. The normalized spacial score (nSPS) is 14.1. The largest absolute Gasteiger partial charge is 0.489 e. The highest BCUT2D eigenvalue weighted by molar-refractivity contribution is 5.98. The van der Waals surface area contributed by atoms with Gasteiger partial charge in [-0.25, -0.2) is 0 Å². The van der Waals surface area contributed by atoms with E-state index in [-0.39, 0.29) is 11.8 Å². The first-order valence-electron chi connectivity index (χ1n) is 16.0. The molecule has 1 amide bonds. The van der Waals surface area contributed by atoms with E-state index in [0.29, 0.717) is 25.7 Å². The van der Waals surface area contributed by atoms with Crippen LogP contribution < -0.4 is 14.4 Å². The van der Waals surface area contributed by atoms with Crippen LogP contribution in [0.4, 0.5) is 5.69 Å². The smallest absolute Gasteiger partial charge is 0.234 e. The van der Waals surface area contributed by atoms with Crippen molar-refractivity contribution in [1.29, 1.82) is 0 Å². The van der Waals surface area contributed by atoms with Gasteiger partial charge in [0.05, 0.1) is 12.5 Å². The summed E-state index contributed by atoms with van der Waals surface area (Å²) >= 11 is 0. The van der Waals surface area contributed by atoms with Crippen LogP contribution in [0.5, 0.6) is 11.5 Å². The van der Waals surface area contributed by atoms with Crippen molar-refractivity contribution in [2.24, 2.45) is 0 Å². The first-order chi connectivity index (χ1) is 22.0. The standard InChI is InChI=1S/C41H41NO3/c1-30(2)34-21-23-35(24-22-34)42(27-31-19-25-36(26-20-31)44-28-32-11-5-3-6-12-32)41(43)39-17-9-16-38-37(39)15-10-18-40(38)45-29-33-13-7-4-8-14-33/h3-8,10-15,18-26,30,39H,9,16-17,27-29H2,1-2H3. The van der Waals surface area contributed by atoms with E-state index in [1.807, 2.05) is 65.6 Å². The molecule has 0 aromatic heterocycles. The number of amides is 1. The van der Waals surface area contributed by atoms with Gasteiger partial charge < -0.3 is 14.4 Å². The second-order valence-corrected chi connectivity index (χ2v) is 12.1. The molecule has 0 saturated carbocycles. The first-order valence-corrected chi connectivity index (χ1v) is 16.0. The van der Waals surface area contributed by atoms with Crippen molar-refractivity contribution in [3.05, 3.63) is 161 Å². The van der Waals surface area contributed by atoms with Crippen molar-refractivity contribution in [2.45, 2.75) is 64.7 Å². The third-order valence-corrected chi connectivity index (χ3v) is 8.65. The van der Waals surface area contributed by atoms with Crippen molar-refractivity contribution < 1.29 is 14.3 Å². The summed E-state index contributed by atoms with van der Waals surface area (Å²) in [7, 11) is 0. The predicted molar refractivity (Wildman–Crippen MR) is 182 cm³/mol. The monoisotopic (exact) mass is 595 g/mol.